The van der Waals surface area contributed by atoms with E-state index in [1.807, 2.05) is 26.1 Å². The summed E-state index contributed by atoms with van der Waals surface area (Å²) in [5, 5.41) is 11.2. The number of hydrogen-bond donors (Lipinski definition) is 2. The third-order valence-electron chi connectivity index (χ3n) is 6.33. The quantitative estimate of drug-likeness (QED) is 0.613. The molecule has 9 heteroatoms. The van der Waals surface area contributed by atoms with E-state index >= 15 is 0 Å². The molecule has 1 aromatic carbocycles. The van der Waals surface area contributed by atoms with E-state index in [9.17, 15) is 9.59 Å². The molecule has 1 aromatic heterocycles. The lowest BCUT2D eigenvalue weighted by molar-refractivity contribution is 0.0949. The highest BCUT2D eigenvalue weighted by molar-refractivity contribution is 6.06. The Labute approximate surface area is 205 Å². The first-order valence-electron chi connectivity index (χ1n) is 11.8. The highest BCUT2D eigenvalue weighted by Crippen LogP contribution is 2.41. The van der Waals surface area contributed by atoms with Gasteiger partial charge in [0, 0.05) is 37.3 Å². The Morgan fingerprint density at radius 2 is 2.00 bits per heavy atom. The van der Waals surface area contributed by atoms with Crippen molar-refractivity contribution in [2.45, 2.75) is 39.7 Å². The van der Waals surface area contributed by atoms with Gasteiger partial charge in [-0.05, 0) is 30.5 Å². The molecule has 9 nitrogen and oxygen atoms in total. The summed E-state index contributed by atoms with van der Waals surface area (Å²) >= 11 is 0. The molecule has 2 N–H and O–H groups in total. The first kappa shape index (κ1) is 24.5. The Balaban J connectivity index is 1.63. The molecule has 35 heavy (non-hydrogen) atoms. The van der Waals surface area contributed by atoms with Crippen molar-refractivity contribution in [3.63, 3.8) is 0 Å². The molecule has 0 radical (unpaired) electrons. The molecule has 1 amide bonds. The second-order valence-electron chi connectivity index (χ2n) is 9.87. The van der Waals surface area contributed by atoms with E-state index in [4.69, 9.17) is 14.9 Å². The maximum Gasteiger partial charge on any atom is 0.273 e. The van der Waals surface area contributed by atoms with Gasteiger partial charge >= 0.3 is 0 Å². The van der Waals surface area contributed by atoms with Crippen molar-refractivity contribution in [1.29, 1.82) is 5.41 Å². The van der Waals surface area contributed by atoms with Crippen molar-refractivity contribution in [3.8, 4) is 11.5 Å². The molecular formula is C26H33N5O4. The SMILES string of the molecule is CCOc1cc2c(nc1C(=O)NC)C(=N)N(CC(=O)c1cc3c(c(C(C)(C)C)c1)OCCN3C)C2. The van der Waals surface area contributed by atoms with Crippen LogP contribution in [0, 0.1) is 5.41 Å². The molecule has 186 valence electrons. The van der Waals surface area contributed by atoms with Gasteiger partial charge in [-0.15, -0.1) is 0 Å². The molecule has 2 aromatic rings. The Bertz CT molecular complexity index is 1200. The van der Waals surface area contributed by atoms with Gasteiger partial charge in [0.15, 0.2) is 17.2 Å². The highest BCUT2D eigenvalue weighted by Gasteiger charge is 2.32. The number of benzene rings is 1. The van der Waals surface area contributed by atoms with Gasteiger partial charge in [0.25, 0.3) is 5.91 Å². The molecule has 0 aliphatic carbocycles. The second-order valence-corrected chi connectivity index (χ2v) is 9.87. The predicted molar refractivity (Wildman–Crippen MR) is 134 cm³/mol. The number of nitrogens with one attached hydrogen (secondary N) is 2. The van der Waals surface area contributed by atoms with E-state index in [-0.39, 0.29) is 35.2 Å². The Hall–Kier alpha value is -3.62. The van der Waals surface area contributed by atoms with E-state index in [0.29, 0.717) is 36.8 Å². The molecule has 0 saturated carbocycles. The van der Waals surface area contributed by atoms with Crippen molar-refractivity contribution in [2.75, 3.05) is 45.3 Å². The lowest BCUT2D eigenvalue weighted by Crippen LogP contribution is -2.33. The first-order chi connectivity index (χ1) is 16.5. The number of fused-ring (bicyclic) bond motifs is 2. The van der Waals surface area contributed by atoms with E-state index in [1.54, 1.807) is 11.0 Å². The summed E-state index contributed by atoms with van der Waals surface area (Å²) in [4.78, 5) is 34.0. The largest absolute Gasteiger partial charge is 0.491 e. The van der Waals surface area contributed by atoms with Crippen LogP contribution in [0.2, 0.25) is 0 Å². The molecule has 3 heterocycles. The van der Waals surface area contributed by atoms with Gasteiger partial charge in [0.1, 0.15) is 23.9 Å². The lowest BCUT2D eigenvalue weighted by Gasteiger charge is -2.33. The van der Waals surface area contributed by atoms with Crippen LogP contribution in [0.5, 0.6) is 11.5 Å². The highest BCUT2D eigenvalue weighted by atomic mass is 16.5. The number of amidine groups is 1. The maximum atomic E-state index is 13.5. The zero-order valence-corrected chi connectivity index (χ0v) is 21.2. The van der Waals surface area contributed by atoms with Crippen LogP contribution in [-0.2, 0) is 12.0 Å². The van der Waals surface area contributed by atoms with Crippen LogP contribution >= 0.6 is 0 Å². The standard InChI is InChI=1S/C26H33N5O4/c1-7-34-20-12-16-13-31(24(27)21(16)29-22(20)25(33)28-5)14-19(32)15-10-17(26(2,3)4)23-18(11-15)30(6)8-9-35-23/h10-12,27H,7-9,13-14H2,1-6H3,(H,28,33). The van der Waals surface area contributed by atoms with Crippen molar-refractivity contribution in [3.05, 3.63) is 46.3 Å². The number of hydrogen-bond acceptors (Lipinski definition) is 7. The number of likely N-dealkylation sites (N-methyl/N-ethyl adjacent to an activating group) is 1. The fourth-order valence-corrected chi connectivity index (χ4v) is 4.41. The van der Waals surface area contributed by atoms with Gasteiger partial charge in [-0.2, -0.15) is 0 Å². The molecule has 0 saturated heterocycles. The molecule has 0 spiro atoms. The number of carbonyl (C=O) groups is 2. The number of pyridine rings is 1. The predicted octanol–water partition coefficient (Wildman–Crippen LogP) is 2.99. The summed E-state index contributed by atoms with van der Waals surface area (Å²) in [6, 6.07) is 5.55. The van der Waals surface area contributed by atoms with Crippen LogP contribution in [0.1, 0.15) is 65.4 Å². The van der Waals surface area contributed by atoms with Gasteiger partial charge < -0.3 is 24.6 Å². The molecule has 2 aliphatic rings. The third kappa shape index (κ3) is 4.54. The van der Waals surface area contributed by atoms with Crippen molar-refractivity contribution in [2.24, 2.45) is 0 Å². The van der Waals surface area contributed by atoms with Gasteiger partial charge in [-0.1, -0.05) is 20.8 Å². The van der Waals surface area contributed by atoms with E-state index in [0.717, 1.165) is 29.1 Å². The minimum absolute atomic E-state index is 0.0292. The zero-order chi connectivity index (χ0) is 25.5. The fourth-order valence-electron chi connectivity index (χ4n) is 4.41. The number of Topliss-reactive ketones (excluding diaryl/α,β-unsaturated/α-hetero) is 1. The number of nitrogens with zero attached hydrogens (tertiary/aromatic N) is 3. The monoisotopic (exact) mass is 479 g/mol. The number of ether oxygens (including phenoxy) is 2. The second kappa shape index (κ2) is 9.20. The normalized spacial score (nSPS) is 14.9. The van der Waals surface area contributed by atoms with Crippen LogP contribution in [0.3, 0.4) is 0 Å². The number of amides is 1. The van der Waals surface area contributed by atoms with Gasteiger partial charge in [-0.25, -0.2) is 4.98 Å². The number of anilines is 1. The molecule has 2 aliphatic heterocycles. The molecule has 0 atom stereocenters. The summed E-state index contributed by atoms with van der Waals surface area (Å²) in [5.74, 6) is 0.855. The Morgan fingerprint density at radius 1 is 1.26 bits per heavy atom. The number of carbonyl (C=O) groups excluding carboxylic acids is 2. The van der Waals surface area contributed by atoms with Gasteiger partial charge in [0.2, 0.25) is 0 Å². The molecule has 0 unspecified atom stereocenters. The molecule has 0 bridgehead atoms. The van der Waals surface area contributed by atoms with Crippen LogP contribution in [0.15, 0.2) is 18.2 Å². The fraction of sp³-hybridized carbons (Fsp3) is 0.462. The maximum absolute atomic E-state index is 13.5. The van der Waals surface area contributed by atoms with E-state index in [1.165, 1.54) is 7.05 Å². The third-order valence-corrected chi connectivity index (χ3v) is 6.33. The van der Waals surface area contributed by atoms with Crippen molar-refractivity contribution >= 4 is 23.2 Å². The molecule has 0 fully saturated rings. The minimum atomic E-state index is -0.381. The number of aromatic nitrogens is 1. The van der Waals surface area contributed by atoms with Crippen molar-refractivity contribution in [1.82, 2.24) is 15.2 Å². The average Bonchev–Trinajstić information content (AvgIpc) is 3.11. The van der Waals surface area contributed by atoms with Crippen LogP contribution in [0.4, 0.5) is 5.69 Å². The Kier molecular flexibility index (Phi) is 6.44. The zero-order valence-electron chi connectivity index (χ0n) is 21.2. The van der Waals surface area contributed by atoms with Crippen LogP contribution in [-0.4, -0.2) is 67.8 Å². The Morgan fingerprint density at radius 3 is 2.66 bits per heavy atom. The van der Waals surface area contributed by atoms with Crippen molar-refractivity contribution < 1.29 is 19.1 Å². The summed E-state index contributed by atoms with van der Waals surface area (Å²) < 4.78 is 11.6. The number of rotatable bonds is 6. The van der Waals surface area contributed by atoms with Gasteiger partial charge in [-0.3, -0.25) is 15.0 Å². The topological polar surface area (TPSA) is 108 Å². The average molecular weight is 480 g/mol. The lowest BCUT2D eigenvalue weighted by atomic mass is 9.84. The number of ketones is 1. The van der Waals surface area contributed by atoms with E-state index < -0.39 is 0 Å². The summed E-state index contributed by atoms with van der Waals surface area (Å²) in [7, 11) is 3.52. The van der Waals surface area contributed by atoms with Crippen LogP contribution < -0.4 is 19.7 Å². The van der Waals surface area contributed by atoms with Crippen LogP contribution in [0.25, 0.3) is 0 Å². The molecule has 4 rings (SSSR count). The summed E-state index contributed by atoms with van der Waals surface area (Å²) in [6.45, 7) is 10.3. The molecular weight excluding hydrogens is 446 g/mol. The first-order valence-corrected chi connectivity index (χ1v) is 11.8. The summed E-state index contributed by atoms with van der Waals surface area (Å²) in [5.41, 5.74) is 3.57. The smallest absolute Gasteiger partial charge is 0.273 e. The minimum Gasteiger partial charge on any atom is -0.491 e. The van der Waals surface area contributed by atoms with Gasteiger partial charge in [0.05, 0.1) is 25.4 Å². The van der Waals surface area contributed by atoms with E-state index in [2.05, 4.69) is 36.0 Å². The summed E-state index contributed by atoms with van der Waals surface area (Å²) in [6.07, 6.45) is 0.